The number of methoxy groups -OCH3 is 1. The minimum Gasteiger partial charge on any atom is -0.494 e. The number of amides is 1. The zero-order valence-electron chi connectivity index (χ0n) is 16.0. The summed E-state index contributed by atoms with van der Waals surface area (Å²) in [5.41, 5.74) is 1.56. The lowest BCUT2D eigenvalue weighted by Crippen LogP contribution is -2.12. The van der Waals surface area contributed by atoms with Gasteiger partial charge in [0.2, 0.25) is 0 Å². The van der Waals surface area contributed by atoms with Crippen LogP contribution in [0.15, 0.2) is 48.5 Å². The Kier molecular flexibility index (Phi) is 8.36. The van der Waals surface area contributed by atoms with Crippen molar-refractivity contribution in [1.29, 1.82) is 0 Å². The Labute approximate surface area is 160 Å². The number of nitrogens with one attached hydrogen (secondary N) is 1. The van der Waals surface area contributed by atoms with E-state index < -0.39 is 5.97 Å². The molecule has 0 unspecified atom stereocenters. The second kappa shape index (κ2) is 11.0. The quantitative estimate of drug-likeness (QED) is 0.469. The van der Waals surface area contributed by atoms with Gasteiger partial charge in [-0.25, -0.2) is 4.79 Å². The lowest BCUT2D eigenvalue weighted by atomic mass is 10.1. The number of hydrogen-bond acceptors (Lipinski definition) is 4. The van der Waals surface area contributed by atoms with Crippen molar-refractivity contribution in [3.63, 3.8) is 0 Å². The average Bonchev–Trinajstić information content (AvgIpc) is 2.71. The van der Waals surface area contributed by atoms with Crippen LogP contribution >= 0.6 is 0 Å². The minimum atomic E-state index is -0.428. The van der Waals surface area contributed by atoms with Crippen LogP contribution in [0.4, 0.5) is 5.69 Å². The fourth-order valence-corrected chi connectivity index (χ4v) is 2.61. The second-order valence-corrected chi connectivity index (χ2v) is 6.31. The highest BCUT2D eigenvalue weighted by molar-refractivity contribution is 6.04. The Morgan fingerprint density at radius 3 is 2.11 bits per heavy atom. The Balaban J connectivity index is 1.81. The van der Waals surface area contributed by atoms with Crippen LogP contribution in [-0.4, -0.2) is 25.6 Å². The molecular formula is C22H27NO4. The SMILES string of the molecule is CCCCCCCOc1ccc(NC(=O)c2ccc(C(=O)OC)cc2)cc1. The Bertz CT molecular complexity index is 723. The van der Waals surface area contributed by atoms with Crippen LogP contribution in [0.1, 0.15) is 59.7 Å². The Morgan fingerprint density at radius 2 is 1.48 bits per heavy atom. The number of rotatable bonds is 10. The number of carbonyl (C=O) groups is 2. The number of carbonyl (C=O) groups excluding carboxylic acids is 2. The lowest BCUT2D eigenvalue weighted by Gasteiger charge is -2.09. The molecule has 27 heavy (non-hydrogen) atoms. The lowest BCUT2D eigenvalue weighted by molar-refractivity contribution is 0.0600. The van der Waals surface area contributed by atoms with Crippen LogP contribution in [0.3, 0.4) is 0 Å². The third-order valence-electron chi connectivity index (χ3n) is 4.20. The van der Waals surface area contributed by atoms with Gasteiger partial charge in [-0.2, -0.15) is 0 Å². The van der Waals surface area contributed by atoms with E-state index in [1.54, 1.807) is 24.3 Å². The van der Waals surface area contributed by atoms with Crippen molar-refractivity contribution in [1.82, 2.24) is 0 Å². The molecule has 0 aliphatic carbocycles. The Hall–Kier alpha value is -2.82. The molecule has 5 heteroatoms. The first-order valence-electron chi connectivity index (χ1n) is 9.36. The van der Waals surface area contributed by atoms with Gasteiger partial charge in [0.25, 0.3) is 5.91 Å². The topological polar surface area (TPSA) is 64.6 Å². The normalized spacial score (nSPS) is 10.3. The van der Waals surface area contributed by atoms with E-state index in [4.69, 9.17) is 4.74 Å². The van der Waals surface area contributed by atoms with E-state index in [9.17, 15) is 9.59 Å². The first-order chi connectivity index (χ1) is 13.1. The number of unbranched alkanes of at least 4 members (excludes halogenated alkanes) is 4. The van der Waals surface area contributed by atoms with Gasteiger partial charge in [0, 0.05) is 11.3 Å². The second-order valence-electron chi connectivity index (χ2n) is 6.31. The van der Waals surface area contributed by atoms with Gasteiger partial charge in [0.15, 0.2) is 0 Å². The molecular weight excluding hydrogens is 342 g/mol. The van der Waals surface area contributed by atoms with E-state index >= 15 is 0 Å². The number of ether oxygens (including phenoxy) is 2. The first-order valence-corrected chi connectivity index (χ1v) is 9.36. The van der Waals surface area contributed by atoms with E-state index in [-0.39, 0.29) is 5.91 Å². The molecule has 0 fully saturated rings. The van der Waals surface area contributed by atoms with Crippen molar-refractivity contribution < 1.29 is 19.1 Å². The molecule has 2 aromatic rings. The van der Waals surface area contributed by atoms with Crippen LogP contribution in [0, 0.1) is 0 Å². The van der Waals surface area contributed by atoms with Crippen molar-refractivity contribution in [2.45, 2.75) is 39.0 Å². The summed E-state index contributed by atoms with van der Waals surface area (Å²) >= 11 is 0. The molecule has 1 N–H and O–H groups in total. The van der Waals surface area contributed by atoms with Gasteiger partial charge < -0.3 is 14.8 Å². The number of hydrogen-bond donors (Lipinski definition) is 1. The largest absolute Gasteiger partial charge is 0.494 e. The van der Waals surface area contributed by atoms with Gasteiger partial charge in [0.05, 0.1) is 19.3 Å². The predicted molar refractivity (Wildman–Crippen MR) is 106 cm³/mol. The molecule has 0 aromatic heterocycles. The monoisotopic (exact) mass is 369 g/mol. The molecule has 0 aliphatic rings. The van der Waals surface area contributed by atoms with Gasteiger partial charge in [-0.15, -0.1) is 0 Å². The molecule has 144 valence electrons. The highest BCUT2D eigenvalue weighted by Crippen LogP contribution is 2.17. The number of anilines is 1. The summed E-state index contributed by atoms with van der Waals surface area (Å²) in [6.07, 6.45) is 6.02. The third-order valence-corrected chi connectivity index (χ3v) is 4.20. The maximum Gasteiger partial charge on any atom is 0.337 e. The number of esters is 1. The summed E-state index contributed by atoms with van der Waals surface area (Å²) in [5.74, 6) is 0.129. The molecule has 0 radical (unpaired) electrons. The fraction of sp³-hybridized carbons (Fsp3) is 0.364. The summed E-state index contributed by atoms with van der Waals surface area (Å²) in [5, 5.41) is 2.83. The van der Waals surface area contributed by atoms with Crippen LogP contribution in [0.5, 0.6) is 5.75 Å². The van der Waals surface area contributed by atoms with Crippen molar-refractivity contribution >= 4 is 17.6 Å². The van der Waals surface area contributed by atoms with Gasteiger partial charge in [-0.3, -0.25) is 4.79 Å². The van der Waals surface area contributed by atoms with Gasteiger partial charge in [-0.05, 0) is 55.0 Å². The molecule has 0 saturated carbocycles. The van der Waals surface area contributed by atoms with Crippen LogP contribution in [0.2, 0.25) is 0 Å². The van der Waals surface area contributed by atoms with Crippen molar-refractivity contribution in [2.24, 2.45) is 0 Å². The molecule has 0 spiro atoms. The molecule has 0 saturated heterocycles. The van der Waals surface area contributed by atoms with E-state index in [1.165, 1.54) is 32.8 Å². The average molecular weight is 369 g/mol. The van der Waals surface area contributed by atoms with E-state index in [2.05, 4.69) is 17.0 Å². The van der Waals surface area contributed by atoms with Crippen LogP contribution in [-0.2, 0) is 4.74 Å². The maximum absolute atomic E-state index is 12.3. The highest BCUT2D eigenvalue weighted by Gasteiger charge is 2.09. The predicted octanol–water partition coefficient (Wildman–Crippen LogP) is 5.07. The zero-order valence-corrected chi connectivity index (χ0v) is 16.0. The van der Waals surface area contributed by atoms with Gasteiger partial charge in [-0.1, -0.05) is 32.6 Å². The molecule has 2 aromatic carbocycles. The first kappa shape index (κ1) is 20.5. The summed E-state index contributed by atoms with van der Waals surface area (Å²) in [4.78, 5) is 23.7. The van der Waals surface area contributed by atoms with Crippen molar-refractivity contribution in [2.75, 3.05) is 19.0 Å². The molecule has 1 amide bonds. The van der Waals surface area contributed by atoms with Crippen LogP contribution in [0.25, 0.3) is 0 Å². The maximum atomic E-state index is 12.3. The van der Waals surface area contributed by atoms with Gasteiger partial charge in [0.1, 0.15) is 5.75 Å². The molecule has 0 bridgehead atoms. The molecule has 2 rings (SSSR count). The van der Waals surface area contributed by atoms with E-state index in [0.717, 1.165) is 12.2 Å². The van der Waals surface area contributed by atoms with Crippen molar-refractivity contribution in [3.8, 4) is 5.75 Å². The summed E-state index contributed by atoms with van der Waals surface area (Å²) in [6.45, 7) is 2.91. The molecule has 0 heterocycles. The standard InChI is InChI=1S/C22H27NO4/c1-3-4-5-6-7-16-27-20-14-12-19(13-15-20)23-21(24)17-8-10-18(11-9-17)22(25)26-2/h8-15H,3-7,16H2,1-2H3,(H,23,24). The van der Waals surface area contributed by atoms with E-state index in [0.29, 0.717) is 23.4 Å². The van der Waals surface area contributed by atoms with Gasteiger partial charge >= 0.3 is 5.97 Å². The molecule has 0 aliphatic heterocycles. The molecule has 5 nitrogen and oxygen atoms in total. The summed E-state index contributed by atoms with van der Waals surface area (Å²) in [6, 6.07) is 13.6. The highest BCUT2D eigenvalue weighted by atomic mass is 16.5. The Morgan fingerprint density at radius 1 is 0.852 bits per heavy atom. The minimum absolute atomic E-state index is 0.240. The third kappa shape index (κ3) is 6.77. The molecule has 0 atom stereocenters. The fourth-order valence-electron chi connectivity index (χ4n) is 2.61. The smallest absolute Gasteiger partial charge is 0.337 e. The van der Waals surface area contributed by atoms with Crippen LogP contribution < -0.4 is 10.1 Å². The van der Waals surface area contributed by atoms with E-state index in [1.807, 2.05) is 24.3 Å². The number of benzene rings is 2. The summed E-state index contributed by atoms with van der Waals surface area (Å²) < 4.78 is 10.4. The van der Waals surface area contributed by atoms with Crippen molar-refractivity contribution in [3.05, 3.63) is 59.7 Å². The zero-order chi connectivity index (χ0) is 19.5. The summed E-state index contributed by atoms with van der Waals surface area (Å²) in [7, 11) is 1.32.